The summed E-state index contributed by atoms with van der Waals surface area (Å²) in [5, 5.41) is 12.4. The Hall–Kier alpha value is -1.26. The summed E-state index contributed by atoms with van der Waals surface area (Å²) in [5.41, 5.74) is 0.297. The summed E-state index contributed by atoms with van der Waals surface area (Å²) in [4.78, 5) is 13.9. The van der Waals surface area contributed by atoms with Crippen LogP contribution in [0.4, 0.5) is 0 Å². The summed E-state index contributed by atoms with van der Waals surface area (Å²) in [7, 11) is 1.98. The minimum Gasteiger partial charge on any atom is -0.508 e. The maximum Gasteiger partial charge on any atom is 0.252 e. The third kappa shape index (κ3) is 4.24. The van der Waals surface area contributed by atoms with Gasteiger partial charge in [0.25, 0.3) is 5.91 Å². The Morgan fingerprint density at radius 3 is 2.88 bits per heavy atom. The van der Waals surface area contributed by atoms with Gasteiger partial charge in [0.05, 0.1) is 10.6 Å². The van der Waals surface area contributed by atoms with Crippen LogP contribution in [0, 0.1) is 0 Å². The van der Waals surface area contributed by atoms with Crippen molar-refractivity contribution in [2.75, 3.05) is 26.7 Å². The number of rotatable bonds is 5. The summed E-state index contributed by atoms with van der Waals surface area (Å²) in [6, 6.07) is 4.31. The Morgan fingerprint density at radius 2 is 2.24 bits per heavy atom. The fraction of sp³-hybridized carbons (Fsp3) is 0.417. The van der Waals surface area contributed by atoms with E-state index in [0.717, 1.165) is 13.1 Å². The monoisotopic (exact) mass is 256 g/mol. The van der Waals surface area contributed by atoms with Crippen LogP contribution in [0.15, 0.2) is 18.2 Å². The zero-order valence-corrected chi connectivity index (χ0v) is 10.8. The van der Waals surface area contributed by atoms with E-state index in [0.29, 0.717) is 17.1 Å². The molecular formula is C12H17ClN2O2. The molecule has 0 aliphatic heterocycles. The second kappa shape index (κ2) is 6.47. The van der Waals surface area contributed by atoms with Crippen molar-refractivity contribution in [3.8, 4) is 5.75 Å². The summed E-state index contributed by atoms with van der Waals surface area (Å²) in [6.07, 6.45) is 0. The van der Waals surface area contributed by atoms with Crippen LogP contribution in [0.5, 0.6) is 5.75 Å². The van der Waals surface area contributed by atoms with Crippen molar-refractivity contribution in [3.63, 3.8) is 0 Å². The number of nitrogens with zero attached hydrogens (tertiary/aromatic N) is 1. The van der Waals surface area contributed by atoms with Crippen LogP contribution in [0.1, 0.15) is 17.3 Å². The molecule has 5 heteroatoms. The van der Waals surface area contributed by atoms with E-state index in [1.54, 1.807) is 0 Å². The molecule has 0 saturated heterocycles. The maximum atomic E-state index is 11.8. The molecule has 0 aromatic heterocycles. The number of phenolic OH excluding ortho intramolecular Hbond substituents is 1. The van der Waals surface area contributed by atoms with Crippen molar-refractivity contribution < 1.29 is 9.90 Å². The molecule has 1 amide bonds. The van der Waals surface area contributed by atoms with Crippen LogP contribution in [0.25, 0.3) is 0 Å². The first-order valence-corrected chi connectivity index (χ1v) is 5.87. The molecule has 0 fully saturated rings. The van der Waals surface area contributed by atoms with E-state index < -0.39 is 0 Å². The maximum absolute atomic E-state index is 11.8. The fourth-order valence-electron chi connectivity index (χ4n) is 1.30. The van der Waals surface area contributed by atoms with Gasteiger partial charge in [0, 0.05) is 13.1 Å². The van der Waals surface area contributed by atoms with Crippen molar-refractivity contribution in [2.24, 2.45) is 0 Å². The molecule has 4 nitrogen and oxygen atoms in total. The standard InChI is InChI=1S/C12H17ClN2O2/c1-3-15(2)7-6-14-12(17)10-8-9(16)4-5-11(10)13/h4-5,8,16H,3,6-7H2,1-2H3,(H,14,17). The molecule has 1 aromatic rings. The summed E-state index contributed by atoms with van der Waals surface area (Å²) < 4.78 is 0. The molecule has 0 atom stereocenters. The minimum absolute atomic E-state index is 0.0326. The Bertz CT molecular complexity index is 396. The zero-order chi connectivity index (χ0) is 12.8. The van der Waals surface area contributed by atoms with Gasteiger partial charge in [0.15, 0.2) is 0 Å². The van der Waals surface area contributed by atoms with Gasteiger partial charge in [-0.25, -0.2) is 0 Å². The van der Waals surface area contributed by atoms with Gasteiger partial charge in [-0.05, 0) is 31.8 Å². The highest BCUT2D eigenvalue weighted by molar-refractivity contribution is 6.33. The molecule has 94 valence electrons. The molecule has 0 bridgehead atoms. The Balaban J connectivity index is 2.55. The molecule has 0 radical (unpaired) electrons. The lowest BCUT2D eigenvalue weighted by atomic mass is 10.2. The lowest BCUT2D eigenvalue weighted by Gasteiger charge is -2.14. The first-order valence-electron chi connectivity index (χ1n) is 5.50. The lowest BCUT2D eigenvalue weighted by molar-refractivity contribution is 0.0950. The zero-order valence-electron chi connectivity index (χ0n) is 10.0. The average Bonchev–Trinajstić information content (AvgIpc) is 2.31. The molecule has 0 spiro atoms. The SMILES string of the molecule is CCN(C)CCNC(=O)c1cc(O)ccc1Cl. The quantitative estimate of drug-likeness (QED) is 0.844. The van der Waals surface area contributed by atoms with E-state index in [2.05, 4.69) is 10.2 Å². The van der Waals surface area contributed by atoms with Gasteiger partial charge in [-0.3, -0.25) is 4.79 Å². The number of carbonyl (C=O) groups excluding carboxylic acids is 1. The molecule has 1 rings (SSSR count). The van der Waals surface area contributed by atoms with Crippen molar-refractivity contribution >= 4 is 17.5 Å². The Morgan fingerprint density at radius 1 is 1.53 bits per heavy atom. The van der Waals surface area contributed by atoms with Gasteiger partial charge in [-0.1, -0.05) is 18.5 Å². The van der Waals surface area contributed by atoms with Crippen molar-refractivity contribution in [2.45, 2.75) is 6.92 Å². The van der Waals surface area contributed by atoms with Gasteiger partial charge >= 0.3 is 0 Å². The number of nitrogens with one attached hydrogen (secondary N) is 1. The number of benzene rings is 1. The molecule has 2 N–H and O–H groups in total. The number of hydrogen-bond acceptors (Lipinski definition) is 3. The molecule has 0 saturated carbocycles. The molecule has 0 aliphatic carbocycles. The normalized spacial score (nSPS) is 10.6. The number of aromatic hydroxyl groups is 1. The van der Waals surface area contributed by atoms with Crippen LogP contribution in [-0.4, -0.2) is 42.6 Å². The average molecular weight is 257 g/mol. The van der Waals surface area contributed by atoms with Gasteiger partial charge in [0.1, 0.15) is 5.75 Å². The topological polar surface area (TPSA) is 52.6 Å². The third-order valence-corrected chi connectivity index (χ3v) is 2.84. The predicted molar refractivity (Wildman–Crippen MR) is 68.6 cm³/mol. The molecule has 0 heterocycles. The smallest absolute Gasteiger partial charge is 0.252 e. The molecular weight excluding hydrogens is 240 g/mol. The number of phenols is 1. The highest BCUT2D eigenvalue weighted by Gasteiger charge is 2.10. The van der Waals surface area contributed by atoms with Crippen LogP contribution in [0.3, 0.4) is 0 Å². The minimum atomic E-state index is -0.268. The largest absolute Gasteiger partial charge is 0.508 e. The second-order valence-corrected chi connectivity index (χ2v) is 4.22. The van der Waals surface area contributed by atoms with E-state index in [1.807, 2.05) is 14.0 Å². The van der Waals surface area contributed by atoms with E-state index >= 15 is 0 Å². The lowest BCUT2D eigenvalue weighted by Crippen LogP contribution is -2.32. The van der Waals surface area contributed by atoms with E-state index in [-0.39, 0.29) is 11.7 Å². The van der Waals surface area contributed by atoms with E-state index in [9.17, 15) is 9.90 Å². The van der Waals surface area contributed by atoms with Crippen LogP contribution < -0.4 is 5.32 Å². The van der Waals surface area contributed by atoms with Crippen LogP contribution in [0.2, 0.25) is 5.02 Å². The van der Waals surface area contributed by atoms with Gasteiger partial charge in [-0.15, -0.1) is 0 Å². The third-order valence-electron chi connectivity index (χ3n) is 2.51. The number of halogens is 1. The van der Waals surface area contributed by atoms with Crippen molar-refractivity contribution in [1.29, 1.82) is 0 Å². The van der Waals surface area contributed by atoms with Crippen LogP contribution >= 0.6 is 11.6 Å². The highest BCUT2D eigenvalue weighted by atomic mass is 35.5. The second-order valence-electron chi connectivity index (χ2n) is 3.82. The van der Waals surface area contributed by atoms with E-state index in [1.165, 1.54) is 18.2 Å². The highest BCUT2D eigenvalue weighted by Crippen LogP contribution is 2.20. The fourth-order valence-corrected chi connectivity index (χ4v) is 1.50. The van der Waals surface area contributed by atoms with Crippen LogP contribution in [-0.2, 0) is 0 Å². The number of hydrogen-bond donors (Lipinski definition) is 2. The first-order chi connectivity index (χ1) is 8.04. The molecule has 1 aromatic carbocycles. The summed E-state index contributed by atoms with van der Waals surface area (Å²) in [6.45, 7) is 4.31. The number of likely N-dealkylation sites (N-methyl/N-ethyl adjacent to an activating group) is 1. The van der Waals surface area contributed by atoms with Gasteiger partial charge in [0.2, 0.25) is 0 Å². The van der Waals surface area contributed by atoms with Gasteiger partial charge < -0.3 is 15.3 Å². The van der Waals surface area contributed by atoms with Crippen molar-refractivity contribution in [3.05, 3.63) is 28.8 Å². The van der Waals surface area contributed by atoms with E-state index in [4.69, 9.17) is 11.6 Å². The predicted octanol–water partition coefficient (Wildman–Crippen LogP) is 1.73. The Kier molecular flexibility index (Phi) is 5.25. The molecule has 0 aliphatic rings. The number of carbonyl (C=O) groups is 1. The van der Waals surface area contributed by atoms with Crippen molar-refractivity contribution in [1.82, 2.24) is 10.2 Å². The Labute approximate surface area is 106 Å². The summed E-state index contributed by atoms with van der Waals surface area (Å²) >= 11 is 5.88. The van der Waals surface area contributed by atoms with Gasteiger partial charge in [-0.2, -0.15) is 0 Å². The molecule has 0 unspecified atom stereocenters. The summed E-state index contributed by atoms with van der Waals surface area (Å²) in [5.74, 6) is -0.236. The number of amides is 1. The molecule has 17 heavy (non-hydrogen) atoms. The first kappa shape index (κ1) is 13.8.